The molecule has 2 rings (SSSR count). The third kappa shape index (κ3) is 6.39. The first-order valence-corrected chi connectivity index (χ1v) is 7.38. The van der Waals surface area contributed by atoms with Crippen molar-refractivity contribution in [3.05, 3.63) is 0 Å². The van der Waals surface area contributed by atoms with E-state index in [9.17, 15) is 0 Å². The predicted molar refractivity (Wildman–Crippen MR) is 69.3 cm³/mol. The Morgan fingerprint density at radius 1 is 1.06 bits per heavy atom. The molecule has 0 aromatic rings. The number of hydrogen-bond donors (Lipinski definition) is 1. The second-order valence-electron chi connectivity index (χ2n) is 5.35. The van der Waals surface area contributed by atoms with Crippen molar-refractivity contribution in [2.45, 2.75) is 63.5 Å². The molecule has 1 heterocycles. The smallest absolute Gasteiger partial charge is 0.0809 e. The minimum Gasteiger partial charge on any atom is -0.379 e. The van der Waals surface area contributed by atoms with Crippen LogP contribution in [0.4, 0.5) is 0 Å². The van der Waals surface area contributed by atoms with Gasteiger partial charge in [0.2, 0.25) is 0 Å². The first-order chi connectivity index (χ1) is 8.45. The predicted octanol–water partition coefficient (Wildman–Crippen LogP) is 2.49. The van der Waals surface area contributed by atoms with Crippen LogP contribution in [0.3, 0.4) is 0 Å². The largest absolute Gasteiger partial charge is 0.379 e. The quantitative estimate of drug-likeness (QED) is 0.596. The second kappa shape index (κ2) is 8.06. The fourth-order valence-electron chi connectivity index (χ4n) is 2.27. The van der Waals surface area contributed by atoms with Crippen molar-refractivity contribution in [1.82, 2.24) is 5.32 Å². The summed E-state index contributed by atoms with van der Waals surface area (Å²) < 4.78 is 11.1. The van der Waals surface area contributed by atoms with Crippen molar-refractivity contribution in [3.8, 4) is 0 Å². The normalized spacial score (nSPS) is 24.4. The number of hydrogen-bond acceptors (Lipinski definition) is 3. The maximum absolute atomic E-state index is 5.63. The minimum atomic E-state index is 0.387. The highest BCUT2D eigenvalue weighted by atomic mass is 16.5. The van der Waals surface area contributed by atoms with Crippen molar-refractivity contribution in [1.29, 1.82) is 0 Å². The monoisotopic (exact) mass is 241 g/mol. The van der Waals surface area contributed by atoms with Crippen molar-refractivity contribution in [3.63, 3.8) is 0 Å². The van der Waals surface area contributed by atoms with E-state index in [1.54, 1.807) is 0 Å². The molecule has 0 spiro atoms. The van der Waals surface area contributed by atoms with Gasteiger partial charge in [0.15, 0.2) is 0 Å². The topological polar surface area (TPSA) is 30.5 Å². The number of rotatable bonds is 10. The lowest BCUT2D eigenvalue weighted by Gasteiger charge is -2.09. The van der Waals surface area contributed by atoms with Gasteiger partial charge < -0.3 is 14.8 Å². The fraction of sp³-hybridized carbons (Fsp3) is 1.00. The standard InChI is InChI=1S/C14H27NO2/c1(3-9-15-13-7-8-13)2-4-10-16-12-14-6-5-11-17-14/h13-15H,1-12H2. The van der Waals surface area contributed by atoms with Crippen LogP contribution in [-0.4, -0.2) is 38.5 Å². The van der Waals surface area contributed by atoms with Gasteiger partial charge in [0.25, 0.3) is 0 Å². The van der Waals surface area contributed by atoms with Gasteiger partial charge >= 0.3 is 0 Å². The highest BCUT2D eigenvalue weighted by molar-refractivity contribution is 4.80. The van der Waals surface area contributed by atoms with E-state index in [4.69, 9.17) is 9.47 Å². The Morgan fingerprint density at radius 3 is 2.71 bits per heavy atom. The highest BCUT2D eigenvalue weighted by Gasteiger charge is 2.19. The van der Waals surface area contributed by atoms with Crippen LogP contribution in [0.2, 0.25) is 0 Å². The van der Waals surface area contributed by atoms with Crippen LogP contribution in [0.25, 0.3) is 0 Å². The minimum absolute atomic E-state index is 0.387. The van der Waals surface area contributed by atoms with E-state index in [2.05, 4.69) is 5.32 Å². The van der Waals surface area contributed by atoms with Crippen molar-refractivity contribution in [2.75, 3.05) is 26.4 Å². The molecule has 1 saturated carbocycles. The van der Waals surface area contributed by atoms with E-state index in [0.29, 0.717) is 6.10 Å². The summed E-state index contributed by atoms with van der Waals surface area (Å²) >= 11 is 0. The molecule has 3 heteroatoms. The molecule has 1 atom stereocenters. The Kier molecular flexibility index (Phi) is 6.32. The van der Waals surface area contributed by atoms with Gasteiger partial charge in [0, 0.05) is 19.3 Å². The summed E-state index contributed by atoms with van der Waals surface area (Å²) in [5.74, 6) is 0. The van der Waals surface area contributed by atoms with Crippen LogP contribution in [0, 0.1) is 0 Å². The Labute approximate surface area is 105 Å². The van der Waals surface area contributed by atoms with E-state index in [1.165, 1.54) is 57.9 Å². The van der Waals surface area contributed by atoms with Gasteiger partial charge in [-0.1, -0.05) is 12.8 Å². The first-order valence-electron chi connectivity index (χ1n) is 7.38. The molecule has 1 saturated heterocycles. The number of unbranched alkanes of at least 4 members (excludes halogenated alkanes) is 3. The summed E-state index contributed by atoms with van der Waals surface area (Å²) in [6, 6.07) is 0.866. The molecule has 100 valence electrons. The zero-order valence-electron chi connectivity index (χ0n) is 11.0. The van der Waals surface area contributed by atoms with E-state index in [-0.39, 0.29) is 0 Å². The summed E-state index contributed by atoms with van der Waals surface area (Å²) in [5, 5.41) is 3.55. The van der Waals surface area contributed by atoms with Gasteiger partial charge in [0.05, 0.1) is 12.7 Å². The third-order valence-corrected chi connectivity index (χ3v) is 3.55. The van der Waals surface area contributed by atoms with Gasteiger partial charge in [-0.25, -0.2) is 0 Å². The molecule has 3 nitrogen and oxygen atoms in total. The molecule has 1 aliphatic heterocycles. The zero-order valence-corrected chi connectivity index (χ0v) is 11.0. The van der Waals surface area contributed by atoms with Crippen LogP contribution in [0.15, 0.2) is 0 Å². The molecule has 2 aliphatic rings. The Hall–Kier alpha value is -0.120. The van der Waals surface area contributed by atoms with Crippen molar-refractivity contribution >= 4 is 0 Å². The van der Waals surface area contributed by atoms with Crippen molar-refractivity contribution < 1.29 is 9.47 Å². The lowest BCUT2D eigenvalue weighted by atomic mass is 10.2. The van der Waals surface area contributed by atoms with Gasteiger partial charge in [-0.3, -0.25) is 0 Å². The Bertz CT molecular complexity index is 189. The van der Waals surface area contributed by atoms with E-state index in [1.807, 2.05) is 0 Å². The summed E-state index contributed by atoms with van der Waals surface area (Å²) in [7, 11) is 0. The summed E-state index contributed by atoms with van der Waals surface area (Å²) in [5.41, 5.74) is 0. The van der Waals surface area contributed by atoms with E-state index in [0.717, 1.165) is 25.9 Å². The lowest BCUT2D eigenvalue weighted by molar-refractivity contribution is 0.0161. The van der Waals surface area contributed by atoms with Gasteiger partial charge in [0.1, 0.15) is 0 Å². The van der Waals surface area contributed by atoms with Gasteiger partial charge in [-0.05, 0) is 45.1 Å². The third-order valence-electron chi connectivity index (χ3n) is 3.55. The summed E-state index contributed by atoms with van der Waals surface area (Å²) in [6.07, 6.45) is 10.8. The van der Waals surface area contributed by atoms with Crippen LogP contribution < -0.4 is 5.32 Å². The van der Waals surface area contributed by atoms with Gasteiger partial charge in [-0.15, -0.1) is 0 Å². The molecule has 1 aliphatic carbocycles. The molecule has 0 radical (unpaired) electrons. The molecular formula is C14H27NO2. The van der Waals surface area contributed by atoms with E-state index < -0.39 is 0 Å². The molecule has 1 N–H and O–H groups in total. The fourth-order valence-corrected chi connectivity index (χ4v) is 2.27. The average Bonchev–Trinajstić information content (AvgIpc) is 3.02. The molecule has 0 aromatic carbocycles. The average molecular weight is 241 g/mol. The van der Waals surface area contributed by atoms with Crippen LogP contribution in [-0.2, 0) is 9.47 Å². The molecule has 2 fully saturated rings. The van der Waals surface area contributed by atoms with Crippen LogP contribution in [0.5, 0.6) is 0 Å². The lowest BCUT2D eigenvalue weighted by Crippen LogP contribution is -2.17. The molecule has 0 aromatic heterocycles. The summed E-state index contributed by atoms with van der Waals surface area (Å²) in [6.45, 7) is 3.86. The number of nitrogens with one attached hydrogen (secondary N) is 1. The van der Waals surface area contributed by atoms with Gasteiger partial charge in [-0.2, -0.15) is 0 Å². The molecule has 0 amide bonds. The molecule has 17 heavy (non-hydrogen) atoms. The SMILES string of the molecule is C(CCCOCC1CCCO1)CCNC1CC1. The number of ether oxygens (including phenoxy) is 2. The molecular weight excluding hydrogens is 214 g/mol. The van der Waals surface area contributed by atoms with Crippen LogP contribution >= 0.6 is 0 Å². The maximum Gasteiger partial charge on any atom is 0.0809 e. The second-order valence-corrected chi connectivity index (χ2v) is 5.35. The first kappa shape index (κ1) is 13.3. The molecule has 1 unspecified atom stereocenters. The zero-order chi connectivity index (χ0) is 11.8. The Morgan fingerprint density at radius 2 is 1.94 bits per heavy atom. The Balaban J connectivity index is 1.27. The van der Waals surface area contributed by atoms with Crippen LogP contribution in [0.1, 0.15) is 51.4 Å². The molecule has 0 bridgehead atoms. The maximum atomic E-state index is 5.63. The van der Waals surface area contributed by atoms with Crippen molar-refractivity contribution in [2.24, 2.45) is 0 Å². The summed E-state index contributed by atoms with van der Waals surface area (Å²) in [4.78, 5) is 0. The highest BCUT2D eigenvalue weighted by Crippen LogP contribution is 2.18. The van der Waals surface area contributed by atoms with E-state index >= 15 is 0 Å².